The molecule has 4 nitrogen and oxygen atoms in total. The van der Waals surface area contributed by atoms with E-state index in [1.165, 1.54) is 6.92 Å². The highest BCUT2D eigenvalue weighted by Crippen LogP contribution is 2.19. The predicted molar refractivity (Wildman–Crippen MR) is 70.4 cm³/mol. The van der Waals surface area contributed by atoms with E-state index in [0.29, 0.717) is 17.3 Å². The van der Waals surface area contributed by atoms with Gasteiger partial charge in [0.2, 0.25) is 0 Å². The second-order valence-electron chi connectivity index (χ2n) is 4.19. The number of carbonyl (C=O) groups is 1. The lowest BCUT2D eigenvalue weighted by Crippen LogP contribution is -2.17. The molecule has 0 spiro atoms. The van der Waals surface area contributed by atoms with Crippen LogP contribution in [0.25, 0.3) is 0 Å². The highest BCUT2D eigenvalue weighted by Gasteiger charge is 2.07. The van der Waals surface area contributed by atoms with Gasteiger partial charge in [0.15, 0.2) is 5.78 Å². The third kappa shape index (κ3) is 4.07. The van der Waals surface area contributed by atoms with Crippen LogP contribution in [0.15, 0.2) is 18.2 Å². The standard InChI is InChI=1S/C13H20N2O2/c1-9(6-7-17-3)15-11-4-5-12(10(2)16)13(14)8-11/h4-5,8-9,15H,6-7,14H2,1-3H3. The molecule has 1 rings (SSSR count). The van der Waals surface area contributed by atoms with E-state index in [1.807, 2.05) is 6.07 Å². The Morgan fingerprint density at radius 1 is 1.53 bits per heavy atom. The number of nitrogens with one attached hydrogen (secondary N) is 1. The number of hydrogen-bond acceptors (Lipinski definition) is 4. The van der Waals surface area contributed by atoms with Gasteiger partial charge in [0.1, 0.15) is 0 Å². The molecule has 0 fully saturated rings. The number of carbonyl (C=O) groups excluding carboxylic acids is 1. The van der Waals surface area contributed by atoms with E-state index in [9.17, 15) is 4.79 Å². The summed E-state index contributed by atoms with van der Waals surface area (Å²) in [4.78, 5) is 11.2. The van der Waals surface area contributed by atoms with Crippen LogP contribution < -0.4 is 11.1 Å². The summed E-state index contributed by atoms with van der Waals surface area (Å²) in [5, 5.41) is 3.31. The van der Waals surface area contributed by atoms with Gasteiger partial charge in [-0.2, -0.15) is 0 Å². The third-order valence-electron chi connectivity index (χ3n) is 2.60. The summed E-state index contributed by atoms with van der Waals surface area (Å²) in [7, 11) is 1.69. The minimum absolute atomic E-state index is 0.0125. The van der Waals surface area contributed by atoms with Crippen LogP contribution in [-0.2, 0) is 4.74 Å². The Morgan fingerprint density at radius 3 is 2.76 bits per heavy atom. The van der Waals surface area contributed by atoms with Gasteiger partial charge in [-0.1, -0.05) is 0 Å². The van der Waals surface area contributed by atoms with Crippen molar-refractivity contribution in [2.24, 2.45) is 0 Å². The quantitative estimate of drug-likeness (QED) is 0.587. The molecule has 1 unspecified atom stereocenters. The number of methoxy groups -OCH3 is 1. The second-order valence-corrected chi connectivity index (χ2v) is 4.19. The molecule has 1 aromatic carbocycles. The van der Waals surface area contributed by atoms with Crippen molar-refractivity contribution in [3.05, 3.63) is 23.8 Å². The van der Waals surface area contributed by atoms with Gasteiger partial charge in [-0.05, 0) is 38.5 Å². The first-order valence-corrected chi connectivity index (χ1v) is 5.70. The fourth-order valence-corrected chi connectivity index (χ4v) is 1.62. The first-order chi connectivity index (χ1) is 8.04. The van der Waals surface area contributed by atoms with Crippen LogP contribution >= 0.6 is 0 Å². The molecule has 0 amide bonds. The normalized spacial score (nSPS) is 12.2. The zero-order valence-corrected chi connectivity index (χ0v) is 10.6. The van der Waals surface area contributed by atoms with Gasteiger partial charge >= 0.3 is 0 Å². The van der Waals surface area contributed by atoms with E-state index in [-0.39, 0.29) is 5.78 Å². The molecule has 0 aliphatic carbocycles. The SMILES string of the molecule is COCCC(C)Nc1ccc(C(C)=O)c(N)c1. The number of Topliss-reactive ketones (excluding diaryl/α,β-unsaturated/α-hetero) is 1. The number of ketones is 1. The first kappa shape index (κ1) is 13.5. The van der Waals surface area contributed by atoms with Crippen molar-refractivity contribution in [1.29, 1.82) is 0 Å². The summed E-state index contributed by atoms with van der Waals surface area (Å²) in [6.07, 6.45) is 0.921. The van der Waals surface area contributed by atoms with E-state index < -0.39 is 0 Å². The summed E-state index contributed by atoms with van der Waals surface area (Å²) in [6, 6.07) is 5.72. The highest BCUT2D eigenvalue weighted by molar-refractivity contribution is 5.99. The Labute approximate surface area is 102 Å². The van der Waals surface area contributed by atoms with Gasteiger partial charge in [0, 0.05) is 36.7 Å². The van der Waals surface area contributed by atoms with E-state index in [0.717, 1.165) is 18.7 Å². The van der Waals surface area contributed by atoms with Gasteiger partial charge in [-0.15, -0.1) is 0 Å². The van der Waals surface area contributed by atoms with Crippen molar-refractivity contribution >= 4 is 17.2 Å². The minimum Gasteiger partial charge on any atom is -0.398 e. The van der Waals surface area contributed by atoms with Gasteiger partial charge in [0.05, 0.1) is 0 Å². The van der Waals surface area contributed by atoms with Crippen LogP contribution in [0.1, 0.15) is 30.6 Å². The van der Waals surface area contributed by atoms with Crippen molar-refractivity contribution in [3.8, 4) is 0 Å². The molecule has 0 saturated heterocycles. The predicted octanol–water partition coefficient (Wildman–Crippen LogP) is 2.31. The maximum absolute atomic E-state index is 11.2. The molecule has 3 N–H and O–H groups in total. The number of ether oxygens (including phenoxy) is 1. The molecule has 94 valence electrons. The molecule has 0 radical (unpaired) electrons. The summed E-state index contributed by atoms with van der Waals surface area (Å²) in [5.41, 5.74) is 7.82. The van der Waals surface area contributed by atoms with Gasteiger partial charge in [0.25, 0.3) is 0 Å². The molecule has 0 aliphatic heterocycles. The van der Waals surface area contributed by atoms with Gasteiger partial charge in [-0.3, -0.25) is 4.79 Å². The Balaban J connectivity index is 2.67. The fraction of sp³-hybridized carbons (Fsp3) is 0.462. The Hall–Kier alpha value is -1.55. The molecular weight excluding hydrogens is 216 g/mol. The molecular formula is C13H20N2O2. The average Bonchev–Trinajstić information content (AvgIpc) is 2.26. The summed E-state index contributed by atoms with van der Waals surface area (Å²) < 4.78 is 5.02. The van der Waals surface area contributed by atoms with Gasteiger partial charge in [-0.25, -0.2) is 0 Å². The zero-order chi connectivity index (χ0) is 12.8. The van der Waals surface area contributed by atoms with E-state index >= 15 is 0 Å². The van der Waals surface area contributed by atoms with Crippen molar-refractivity contribution in [2.45, 2.75) is 26.3 Å². The smallest absolute Gasteiger partial charge is 0.161 e. The lowest BCUT2D eigenvalue weighted by molar-refractivity contribution is 0.101. The van der Waals surface area contributed by atoms with Crippen LogP contribution in [0.2, 0.25) is 0 Å². The number of nitrogens with two attached hydrogens (primary N) is 1. The van der Waals surface area contributed by atoms with Crippen LogP contribution in [0, 0.1) is 0 Å². The summed E-state index contributed by atoms with van der Waals surface area (Å²) in [5.74, 6) is -0.0125. The highest BCUT2D eigenvalue weighted by atomic mass is 16.5. The fourth-order valence-electron chi connectivity index (χ4n) is 1.62. The molecule has 0 aliphatic rings. The van der Waals surface area contributed by atoms with Crippen molar-refractivity contribution in [3.63, 3.8) is 0 Å². The largest absolute Gasteiger partial charge is 0.398 e. The first-order valence-electron chi connectivity index (χ1n) is 5.70. The Kier molecular flexibility index (Phi) is 4.97. The van der Waals surface area contributed by atoms with Crippen LogP contribution in [-0.4, -0.2) is 25.5 Å². The van der Waals surface area contributed by atoms with Crippen molar-refractivity contribution in [1.82, 2.24) is 0 Å². The van der Waals surface area contributed by atoms with Crippen LogP contribution in [0.4, 0.5) is 11.4 Å². The van der Waals surface area contributed by atoms with Crippen LogP contribution in [0.3, 0.4) is 0 Å². The number of anilines is 2. The molecule has 17 heavy (non-hydrogen) atoms. The summed E-state index contributed by atoms with van der Waals surface area (Å²) >= 11 is 0. The zero-order valence-electron chi connectivity index (χ0n) is 10.6. The molecule has 1 atom stereocenters. The molecule has 4 heteroatoms. The van der Waals surface area contributed by atoms with E-state index in [4.69, 9.17) is 10.5 Å². The molecule has 0 aromatic heterocycles. The minimum atomic E-state index is -0.0125. The van der Waals surface area contributed by atoms with E-state index in [1.54, 1.807) is 19.2 Å². The monoisotopic (exact) mass is 236 g/mol. The van der Waals surface area contributed by atoms with Crippen molar-refractivity contribution < 1.29 is 9.53 Å². The summed E-state index contributed by atoms with van der Waals surface area (Å²) in [6.45, 7) is 4.31. The average molecular weight is 236 g/mol. The lowest BCUT2D eigenvalue weighted by atomic mass is 10.1. The topological polar surface area (TPSA) is 64.3 Å². The van der Waals surface area contributed by atoms with Crippen molar-refractivity contribution in [2.75, 3.05) is 24.8 Å². The molecule has 0 heterocycles. The Morgan fingerprint density at radius 2 is 2.24 bits per heavy atom. The maximum Gasteiger partial charge on any atom is 0.161 e. The number of nitrogen functional groups attached to an aromatic ring is 1. The van der Waals surface area contributed by atoms with E-state index in [2.05, 4.69) is 12.2 Å². The second kappa shape index (κ2) is 6.25. The van der Waals surface area contributed by atoms with Gasteiger partial charge < -0.3 is 15.8 Å². The lowest BCUT2D eigenvalue weighted by Gasteiger charge is -2.15. The number of hydrogen-bond donors (Lipinski definition) is 2. The van der Waals surface area contributed by atoms with Crippen LogP contribution in [0.5, 0.6) is 0 Å². The third-order valence-corrected chi connectivity index (χ3v) is 2.60. The number of benzene rings is 1. The maximum atomic E-state index is 11.2. The molecule has 1 aromatic rings. The Bertz CT molecular complexity index is 391. The molecule has 0 saturated carbocycles. The number of rotatable bonds is 6. The molecule has 0 bridgehead atoms.